The average Bonchev–Trinajstić information content (AvgIpc) is 2.56. The van der Waals surface area contributed by atoms with Gasteiger partial charge < -0.3 is 0 Å². The number of sulfonamides is 1. The minimum Gasteiger partial charge on any atom is -0.282 e. The maximum Gasteiger partial charge on any atom is 0.214 e. The number of unbranched alkanes of at least 4 members (excludes halogenated alkanes) is 1. The second kappa shape index (κ2) is 8.11. The van der Waals surface area contributed by atoms with Crippen molar-refractivity contribution in [3.63, 3.8) is 0 Å². The Morgan fingerprint density at radius 1 is 1.22 bits per heavy atom. The second-order valence-corrected chi connectivity index (χ2v) is 8.21. The van der Waals surface area contributed by atoms with Gasteiger partial charge >= 0.3 is 0 Å². The highest BCUT2D eigenvalue weighted by molar-refractivity contribution is 7.89. The molecule has 1 aromatic rings. The Hall–Kier alpha value is -1.13. The standard InChI is InChI=1S/C16H22ClN3O2S/c1-2-3-12-23(21,22)20-10-8-19(9-11-20)16(13-18)14-4-6-15(17)7-5-14/h4-7,16H,2-3,8-12H2,1H3. The van der Waals surface area contributed by atoms with Crippen LogP contribution in [0.2, 0.25) is 5.02 Å². The van der Waals surface area contributed by atoms with Crippen LogP contribution in [0.4, 0.5) is 0 Å². The van der Waals surface area contributed by atoms with Crippen molar-refractivity contribution in [2.24, 2.45) is 0 Å². The zero-order valence-electron chi connectivity index (χ0n) is 13.3. The van der Waals surface area contributed by atoms with Gasteiger partial charge in [-0.05, 0) is 24.1 Å². The van der Waals surface area contributed by atoms with Crippen molar-refractivity contribution in [1.29, 1.82) is 5.26 Å². The van der Waals surface area contributed by atoms with E-state index in [2.05, 4.69) is 6.07 Å². The van der Waals surface area contributed by atoms with Gasteiger partial charge in [0, 0.05) is 31.2 Å². The van der Waals surface area contributed by atoms with Crippen molar-refractivity contribution >= 4 is 21.6 Å². The van der Waals surface area contributed by atoms with E-state index in [1.807, 2.05) is 24.0 Å². The number of hydrogen-bond donors (Lipinski definition) is 0. The predicted octanol–water partition coefficient (Wildman–Crippen LogP) is 2.65. The van der Waals surface area contributed by atoms with Gasteiger partial charge in [0.15, 0.2) is 0 Å². The van der Waals surface area contributed by atoms with Crippen molar-refractivity contribution in [3.05, 3.63) is 34.9 Å². The molecule has 1 unspecified atom stereocenters. The van der Waals surface area contributed by atoms with Gasteiger partial charge in [0.2, 0.25) is 10.0 Å². The van der Waals surface area contributed by atoms with Gasteiger partial charge in [0.1, 0.15) is 6.04 Å². The number of nitrogens with zero attached hydrogens (tertiary/aromatic N) is 3. The molecule has 1 saturated heterocycles. The van der Waals surface area contributed by atoms with Crippen molar-refractivity contribution in [1.82, 2.24) is 9.21 Å². The Morgan fingerprint density at radius 3 is 2.35 bits per heavy atom. The molecule has 1 aliphatic heterocycles. The van der Waals surface area contributed by atoms with Gasteiger partial charge in [-0.2, -0.15) is 9.57 Å². The molecule has 23 heavy (non-hydrogen) atoms. The lowest BCUT2D eigenvalue weighted by atomic mass is 10.1. The zero-order valence-corrected chi connectivity index (χ0v) is 14.9. The van der Waals surface area contributed by atoms with Crippen molar-refractivity contribution in [2.45, 2.75) is 25.8 Å². The van der Waals surface area contributed by atoms with Gasteiger partial charge in [-0.3, -0.25) is 4.90 Å². The van der Waals surface area contributed by atoms with Crippen molar-refractivity contribution < 1.29 is 8.42 Å². The molecular formula is C16H22ClN3O2S. The summed E-state index contributed by atoms with van der Waals surface area (Å²) in [6, 6.07) is 9.18. The van der Waals surface area contributed by atoms with Gasteiger partial charge in [0.05, 0.1) is 11.8 Å². The molecule has 1 fully saturated rings. The molecule has 0 saturated carbocycles. The number of benzene rings is 1. The molecule has 1 aliphatic rings. The summed E-state index contributed by atoms with van der Waals surface area (Å²) in [5.41, 5.74) is 0.888. The molecule has 7 heteroatoms. The number of nitriles is 1. The fourth-order valence-corrected chi connectivity index (χ4v) is 4.47. The molecule has 0 aliphatic carbocycles. The van der Waals surface area contributed by atoms with E-state index in [9.17, 15) is 13.7 Å². The monoisotopic (exact) mass is 355 g/mol. The highest BCUT2D eigenvalue weighted by atomic mass is 35.5. The largest absolute Gasteiger partial charge is 0.282 e. The Labute approximate surface area is 143 Å². The van der Waals surface area contributed by atoms with E-state index in [0.717, 1.165) is 12.0 Å². The van der Waals surface area contributed by atoms with Crippen LogP contribution < -0.4 is 0 Å². The van der Waals surface area contributed by atoms with Crippen LogP contribution in [-0.4, -0.2) is 49.6 Å². The summed E-state index contributed by atoms with van der Waals surface area (Å²) < 4.78 is 26.0. The fraction of sp³-hybridized carbons (Fsp3) is 0.562. The van der Waals surface area contributed by atoms with E-state index >= 15 is 0 Å². The summed E-state index contributed by atoms with van der Waals surface area (Å²) >= 11 is 5.89. The molecule has 2 rings (SSSR count). The van der Waals surface area contributed by atoms with Crippen LogP contribution in [0.5, 0.6) is 0 Å². The summed E-state index contributed by atoms with van der Waals surface area (Å²) in [5.74, 6) is 0.211. The van der Waals surface area contributed by atoms with Crippen molar-refractivity contribution in [3.8, 4) is 6.07 Å². The van der Waals surface area contributed by atoms with Gasteiger partial charge in [-0.1, -0.05) is 37.1 Å². The predicted molar refractivity (Wildman–Crippen MR) is 91.6 cm³/mol. The van der Waals surface area contributed by atoms with Crippen LogP contribution in [0.3, 0.4) is 0 Å². The summed E-state index contributed by atoms with van der Waals surface area (Å²) in [5, 5.41) is 10.1. The zero-order chi connectivity index (χ0) is 16.9. The smallest absolute Gasteiger partial charge is 0.214 e. The van der Waals surface area contributed by atoms with E-state index in [-0.39, 0.29) is 11.8 Å². The first-order valence-corrected chi connectivity index (χ1v) is 9.83. The number of rotatable bonds is 6. The highest BCUT2D eigenvalue weighted by Crippen LogP contribution is 2.24. The Morgan fingerprint density at radius 2 is 1.83 bits per heavy atom. The molecule has 0 aromatic heterocycles. The summed E-state index contributed by atoms with van der Waals surface area (Å²) in [4.78, 5) is 2.02. The molecule has 1 atom stereocenters. The molecule has 0 spiro atoms. The van der Waals surface area contributed by atoms with E-state index in [4.69, 9.17) is 11.6 Å². The fourth-order valence-electron chi connectivity index (χ4n) is 2.71. The van der Waals surface area contributed by atoms with E-state index < -0.39 is 10.0 Å². The quantitative estimate of drug-likeness (QED) is 0.786. The third-order valence-electron chi connectivity index (χ3n) is 4.10. The SMILES string of the molecule is CCCCS(=O)(=O)N1CCN(C(C#N)c2ccc(Cl)cc2)CC1. The van der Waals surface area contributed by atoms with E-state index in [1.54, 1.807) is 16.4 Å². The van der Waals surface area contributed by atoms with Crippen LogP contribution in [0.25, 0.3) is 0 Å². The summed E-state index contributed by atoms with van der Waals surface area (Å²) in [6.45, 7) is 3.99. The third kappa shape index (κ3) is 4.67. The van der Waals surface area contributed by atoms with Crippen LogP contribution in [-0.2, 0) is 10.0 Å². The minimum atomic E-state index is -3.17. The Bertz CT molecular complexity index is 647. The molecular weight excluding hydrogens is 334 g/mol. The van der Waals surface area contributed by atoms with Crippen LogP contribution in [0.15, 0.2) is 24.3 Å². The van der Waals surface area contributed by atoms with Crippen LogP contribution in [0, 0.1) is 11.3 Å². The maximum absolute atomic E-state index is 12.2. The number of hydrogen-bond acceptors (Lipinski definition) is 4. The molecule has 0 N–H and O–H groups in total. The number of piperazine rings is 1. The van der Waals surface area contributed by atoms with Crippen LogP contribution in [0.1, 0.15) is 31.4 Å². The topological polar surface area (TPSA) is 64.4 Å². The molecule has 5 nitrogen and oxygen atoms in total. The van der Waals surface area contributed by atoms with Crippen molar-refractivity contribution in [2.75, 3.05) is 31.9 Å². The molecule has 126 valence electrons. The lowest BCUT2D eigenvalue weighted by molar-refractivity contribution is 0.162. The van der Waals surface area contributed by atoms with Gasteiger partial charge in [-0.15, -0.1) is 0 Å². The molecule has 0 amide bonds. The first-order chi connectivity index (χ1) is 11.0. The lowest BCUT2D eigenvalue weighted by Gasteiger charge is -2.36. The highest BCUT2D eigenvalue weighted by Gasteiger charge is 2.30. The maximum atomic E-state index is 12.2. The third-order valence-corrected chi connectivity index (χ3v) is 6.30. The first kappa shape index (κ1) is 18.2. The van der Waals surface area contributed by atoms with Gasteiger partial charge in [-0.25, -0.2) is 8.42 Å². The summed E-state index contributed by atoms with van der Waals surface area (Å²) in [7, 11) is -3.17. The molecule has 1 heterocycles. The lowest BCUT2D eigenvalue weighted by Crippen LogP contribution is -2.50. The van der Waals surface area contributed by atoms with Gasteiger partial charge in [0.25, 0.3) is 0 Å². The molecule has 1 aromatic carbocycles. The minimum absolute atomic E-state index is 0.211. The normalized spacial score (nSPS) is 18.5. The average molecular weight is 356 g/mol. The molecule has 0 radical (unpaired) electrons. The Balaban J connectivity index is 2.00. The first-order valence-electron chi connectivity index (χ1n) is 7.85. The molecule has 0 bridgehead atoms. The second-order valence-electron chi connectivity index (χ2n) is 5.69. The summed E-state index contributed by atoms with van der Waals surface area (Å²) in [6.07, 6.45) is 1.56. The van der Waals surface area contributed by atoms with E-state index in [0.29, 0.717) is 37.6 Å². The van der Waals surface area contributed by atoms with E-state index in [1.165, 1.54) is 0 Å². The number of halogens is 1. The Kier molecular flexibility index (Phi) is 6.42. The van der Waals surface area contributed by atoms with Crippen LogP contribution >= 0.6 is 11.6 Å².